The standard InChI is InChI=1S/C9H15N3O2/c1-6-10-7(5-12(6)4)8(9(13)14)11(2)3/h5,8H,1-4H3,(H,13,14). The van der Waals surface area contributed by atoms with Gasteiger partial charge in [-0.05, 0) is 21.0 Å². The van der Waals surface area contributed by atoms with Crippen LogP contribution < -0.4 is 0 Å². The smallest absolute Gasteiger partial charge is 0.327 e. The molecule has 0 aliphatic rings. The molecule has 0 spiro atoms. The zero-order chi connectivity index (χ0) is 10.9. The van der Waals surface area contributed by atoms with Crippen molar-refractivity contribution in [2.24, 2.45) is 7.05 Å². The summed E-state index contributed by atoms with van der Waals surface area (Å²) in [5, 5.41) is 9.01. The van der Waals surface area contributed by atoms with Crippen LogP contribution in [0, 0.1) is 6.92 Å². The lowest BCUT2D eigenvalue weighted by Crippen LogP contribution is -2.27. The molecule has 0 bridgehead atoms. The molecule has 0 radical (unpaired) electrons. The summed E-state index contributed by atoms with van der Waals surface area (Å²) in [5.74, 6) is -0.0683. The fourth-order valence-corrected chi connectivity index (χ4v) is 1.33. The fraction of sp³-hybridized carbons (Fsp3) is 0.556. The Bertz CT molecular complexity index is 324. The normalized spacial score (nSPS) is 13.2. The lowest BCUT2D eigenvalue weighted by Gasteiger charge is -2.17. The van der Waals surface area contributed by atoms with E-state index in [0.717, 1.165) is 5.82 Å². The Morgan fingerprint density at radius 3 is 2.50 bits per heavy atom. The molecule has 5 nitrogen and oxygen atoms in total. The molecule has 14 heavy (non-hydrogen) atoms. The van der Waals surface area contributed by atoms with E-state index in [1.807, 2.05) is 18.5 Å². The summed E-state index contributed by atoms with van der Waals surface area (Å²) >= 11 is 0. The van der Waals surface area contributed by atoms with Crippen molar-refractivity contribution in [3.8, 4) is 0 Å². The number of carboxylic acid groups (broad SMARTS) is 1. The molecule has 1 unspecified atom stereocenters. The Morgan fingerprint density at radius 1 is 1.64 bits per heavy atom. The summed E-state index contributed by atoms with van der Waals surface area (Å²) < 4.78 is 1.81. The Morgan fingerprint density at radius 2 is 2.21 bits per heavy atom. The van der Waals surface area contributed by atoms with Gasteiger partial charge in [0.1, 0.15) is 5.82 Å². The number of rotatable bonds is 3. The molecular formula is C9H15N3O2. The van der Waals surface area contributed by atoms with Gasteiger partial charge in [-0.25, -0.2) is 4.98 Å². The first-order valence-corrected chi connectivity index (χ1v) is 4.32. The maximum absolute atomic E-state index is 11.0. The van der Waals surface area contributed by atoms with Crippen molar-refractivity contribution in [3.05, 3.63) is 17.7 Å². The quantitative estimate of drug-likeness (QED) is 0.762. The SMILES string of the molecule is Cc1nc(C(C(=O)O)N(C)C)cn1C. The van der Waals surface area contributed by atoms with Crippen molar-refractivity contribution in [3.63, 3.8) is 0 Å². The number of hydrogen-bond donors (Lipinski definition) is 1. The summed E-state index contributed by atoms with van der Waals surface area (Å²) in [7, 11) is 5.30. The van der Waals surface area contributed by atoms with Crippen LogP contribution in [0.2, 0.25) is 0 Å². The van der Waals surface area contributed by atoms with Gasteiger partial charge in [0.25, 0.3) is 0 Å². The Hall–Kier alpha value is -1.36. The average molecular weight is 197 g/mol. The van der Waals surface area contributed by atoms with E-state index in [4.69, 9.17) is 5.11 Å². The van der Waals surface area contributed by atoms with Gasteiger partial charge in [0.2, 0.25) is 0 Å². The first kappa shape index (κ1) is 10.7. The maximum Gasteiger partial charge on any atom is 0.327 e. The Kier molecular flexibility index (Phi) is 2.90. The predicted molar refractivity (Wildman–Crippen MR) is 52.0 cm³/mol. The fourth-order valence-electron chi connectivity index (χ4n) is 1.33. The third-order valence-corrected chi connectivity index (χ3v) is 2.16. The van der Waals surface area contributed by atoms with Crippen LogP contribution in [0.3, 0.4) is 0 Å². The first-order chi connectivity index (χ1) is 6.43. The topological polar surface area (TPSA) is 58.4 Å². The van der Waals surface area contributed by atoms with Crippen molar-refractivity contribution in [1.82, 2.24) is 14.5 Å². The second-order valence-corrected chi connectivity index (χ2v) is 3.53. The molecular weight excluding hydrogens is 182 g/mol. The minimum absolute atomic E-state index is 0.572. The molecule has 1 rings (SSSR count). The highest BCUT2D eigenvalue weighted by atomic mass is 16.4. The largest absolute Gasteiger partial charge is 0.480 e. The number of aryl methyl sites for hydroxylation is 2. The average Bonchev–Trinajstić information content (AvgIpc) is 2.29. The van der Waals surface area contributed by atoms with Gasteiger partial charge in [-0.2, -0.15) is 0 Å². The van der Waals surface area contributed by atoms with Crippen molar-refractivity contribution >= 4 is 5.97 Å². The monoisotopic (exact) mass is 197 g/mol. The minimum atomic E-state index is -0.881. The molecule has 0 saturated carbocycles. The van der Waals surface area contributed by atoms with Crippen LogP contribution >= 0.6 is 0 Å². The molecule has 1 atom stereocenters. The van der Waals surface area contributed by atoms with Gasteiger partial charge in [-0.1, -0.05) is 0 Å². The summed E-state index contributed by atoms with van der Waals surface area (Å²) in [5.41, 5.74) is 0.572. The molecule has 1 aromatic rings. The lowest BCUT2D eigenvalue weighted by atomic mass is 10.2. The molecule has 0 aliphatic heterocycles. The highest BCUT2D eigenvalue weighted by Gasteiger charge is 2.24. The van der Waals surface area contributed by atoms with Crippen LogP contribution in [0.25, 0.3) is 0 Å². The van der Waals surface area contributed by atoms with Crippen molar-refractivity contribution < 1.29 is 9.90 Å². The Labute approximate surface area is 83.0 Å². The van der Waals surface area contributed by atoms with E-state index in [0.29, 0.717) is 5.69 Å². The minimum Gasteiger partial charge on any atom is -0.480 e. The number of carbonyl (C=O) groups is 1. The third-order valence-electron chi connectivity index (χ3n) is 2.16. The van der Waals surface area contributed by atoms with Gasteiger partial charge in [0.05, 0.1) is 5.69 Å². The molecule has 5 heteroatoms. The van der Waals surface area contributed by atoms with E-state index in [1.54, 1.807) is 25.2 Å². The van der Waals surface area contributed by atoms with Crippen molar-refractivity contribution in [2.75, 3.05) is 14.1 Å². The second kappa shape index (κ2) is 3.79. The zero-order valence-corrected chi connectivity index (χ0v) is 8.85. The predicted octanol–water partition coefficient (Wildman–Crippen LogP) is 0.416. The van der Waals surface area contributed by atoms with Crippen LogP contribution in [-0.4, -0.2) is 39.6 Å². The molecule has 0 saturated heterocycles. The summed E-state index contributed by atoms with van der Waals surface area (Å²) in [6.07, 6.45) is 1.74. The number of likely N-dealkylation sites (N-methyl/N-ethyl adjacent to an activating group) is 1. The Balaban J connectivity index is 3.05. The first-order valence-electron chi connectivity index (χ1n) is 4.32. The molecule has 1 aromatic heterocycles. The summed E-state index contributed by atoms with van der Waals surface area (Å²) in [6.45, 7) is 1.85. The van der Waals surface area contributed by atoms with Crippen LogP contribution in [0.5, 0.6) is 0 Å². The highest BCUT2D eigenvalue weighted by molar-refractivity contribution is 5.74. The molecule has 0 fully saturated rings. The van der Waals surface area contributed by atoms with Crippen molar-refractivity contribution in [1.29, 1.82) is 0 Å². The van der Waals surface area contributed by atoms with Gasteiger partial charge in [-0.3, -0.25) is 9.69 Å². The molecule has 0 aliphatic carbocycles. The zero-order valence-electron chi connectivity index (χ0n) is 8.85. The summed E-state index contributed by atoms with van der Waals surface area (Å²) in [6, 6.07) is -0.671. The highest BCUT2D eigenvalue weighted by Crippen LogP contribution is 2.16. The van der Waals surface area contributed by atoms with Crippen molar-refractivity contribution in [2.45, 2.75) is 13.0 Å². The number of hydrogen-bond acceptors (Lipinski definition) is 3. The number of aliphatic carboxylic acids is 1. The number of aromatic nitrogens is 2. The second-order valence-electron chi connectivity index (χ2n) is 3.53. The van der Waals surface area contributed by atoms with E-state index in [2.05, 4.69) is 4.98 Å². The molecule has 1 N–H and O–H groups in total. The van der Waals surface area contributed by atoms with E-state index >= 15 is 0 Å². The maximum atomic E-state index is 11.0. The van der Waals surface area contributed by atoms with Crippen LogP contribution in [0.15, 0.2) is 6.20 Å². The van der Waals surface area contributed by atoms with Crippen LogP contribution in [0.1, 0.15) is 17.6 Å². The van der Waals surface area contributed by atoms with E-state index in [-0.39, 0.29) is 0 Å². The molecule has 78 valence electrons. The third kappa shape index (κ3) is 1.93. The molecule has 1 heterocycles. The van der Waals surface area contributed by atoms with Gasteiger partial charge >= 0.3 is 5.97 Å². The molecule has 0 aromatic carbocycles. The summed E-state index contributed by atoms with van der Waals surface area (Å²) in [4.78, 5) is 16.8. The number of imidazole rings is 1. The van der Waals surface area contributed by atoms with Gasteiger partial charge < -0.3 is 9.67 Å². The van der Waals surface area contributed by atoms with E-state index in [9.17, 15) is 4.79 Å². The van der Waals surface area contributed by atoms with Crippen LogP contribution in [-0.2, 0) is 11.8 Å². The van der Waals surface area contributed by atoms with Crippen LogP contribution in [0.4, 0.5) is 0 Å². The van der Waals surface area contributed by atoms with E-state index < -0.39 is 12.0 Å². The molecule has 0 amide bonds. The van der Waals surface area contributed by atoms with E-state index in [1.165, 1.54) is 0 Å². The number of nitrogens with zero attached hydrogens (tertiary/aromatic N) is 3. The van der Waals surface area contributed by atoms with Gasteiger partial charge in [0.15, 0.2) is 6.04 Å². The van der Waals surface area contributed by atoms with Gasteiger partial charge in [-0.15, -0.1) is 0 Å². The number of carboxylic acids is 1. The van der Waals surface area contributed by atoms with Gasteiger partial charge in [0, 0.05) is 13.2 Å². The lowest BCUT2D eigenvalue weighted by molar-refractivity contribution is -0.142.